The molecule has 0 saturated carbocycles. The Labute approximate surface area is 222 Å². The molecule has 1 amide bonds. The largest absolute Gasteiger partial charge is 0.457 e. The lowest BCUT2D eigenvalue weighted by atomic mass is 9.98. The number of aryl methyl sites for hydroxylation is 1. The molecule has 0 saturated heterocycles. The molecule has 4 aromatic carbocycles. The number of rotatable bonds is 5. The first-order chi connectivity index (χ1) is 18.0. The Hall–Kier alpha value is -4.16. The lowest BCUT2D eigenvalue weighted by Crippen LogP contribution is -2.29. The number of halogens is 1. The van der Waals surface area contributed by atoms with Crippen LogP contribution in [0.15, 0.2) is 111 Å². The summed E-state index contributed by atoms with van der Waals surface area (Å²) in [6.45, 7) is 2.08. The lowest BCUT2D eigenvalue weighted by molar-refractivity contribution is 0.0971. The second-order valence-corrected chi connectivity index (χ2v) is 9.82. The summed E-state index contributed by atoms with van der Waals surface area (Å²) < 4.78 is 12.9. The van der Waals surface area contributed by atoms with Crippen molar-refractivity contribution in [3.05, 3.63) is 134 Å². The van der Waals surface area contributed by atoms with Crippen LogP contribution in [0.1, 0.15) is 40.2 Å². The highest BCUT2D eigenvalue weighted by Crippen LogP contribution is 2.42. The fraction of sp³-hybridized carbons (Fsp3) is 0.0968. The minimum Gasteiger partial charge on any atom is -0.457 e. The van der Waals surface area contributed by atoms with Gasteiger partial charge in [-0.1, -0.05) is 65.3 Å². The van der Waals surface area contributed by atoms with Gasteiger partial charge in [0.1, 0.15) is 17.1 Å². The van der Waals surface area contributed by atoms with E-state index in [1.54, 1.807) is 23.1 Å². The van der Waals surface area contributed by atoms with Gasteiger partial charge in [0.25, 0.3) is 5.91 Å². The molecule has 1 aromatic heterocycles. The van der Waals surface area contributed by atoms with Gasteiger partial charge in [0.2, 0.25) is 5.76 Å². The first-order valence-corrected chi connectivity index (χ1v) is 12.8. The summed E-state index contributed by atoms with van der Waals surface area (Å²) in [6, 6.07) is 29.4. The normalized spacial score (nSPS) is 14.7. The van der Waals surface area contributed by atoms with Gasteiger partial charge in [-0.2, -0.15) is 0 Å². The molecule has 6 heteroatoms. The maximum Gasteiger partial charge on any atom is 0.295 e. The van der Waals surface area contributed by atoms with E-state index < -0.39 is 6.04 Å². The van der Waals surface area contributed by atoms with Crippen LogP contribution in [0.3, 0.4) is 0 Å². The molecule has 0 aliphatic carbocycles. The van der Waals surface area contributed by atoms with E-state index in [4.69, 9.17) is 9.15 Å². The molecule has 0 spiro atoms. The Balaban J connectivity index is 1.54. The molecule has 5 aromatic rings. The van der Waals surface area contributed by atoms with Gasteiger partial charge in [-0.15, -0.1) is 0 Å². The van der Waals surface area contributed by atoms with Gasteiger partial charge in [0.15, 0.2) is 5.43 Å². The monoisotopic (exact) mass is 551 g/mol. The molecule has 1 atom stereocenters. The quantitative estimate of drug-likeness (QED) is 0.225. The van der Waals surface area contributed by atoms with E-state index in [0.29, 0.717) is 33.7 Å². The van der Waals surface area contributed by atoms with Crippen LogP contribution in [0, 0.1) is 0 Å². The van der Waals surface area contributed by atoms with Gasteiger partial charge in [-0.25, -0.2) is 0 Å². The molecule has 0 bridgehead atoms. The third-order valence-corrected chi connectivity index (χ3v) is 7.10. The van der Waals surface area contributed by atoms with Crippen molar-refractivity contribution in [3.63, 3.8) is 0 Å². The van der Waals surface area contributed by atoms with Gasteiger partial charge < -0.3 is 9.15 Å². The number of nitrogens with zero attached hydrogens (tertiary/aromatic N) is 1. The smallest absolute Gasteiger partial charge is 0.295 e. The molecule has 0 N–H and O–H groups in total. The van der Waals surface area contributed by atoms with Gasteiger partial charge in [0, 0.05) is 10.2 Å². The Bertz CT molecular complexity index is 1690. The molecule has 1 aliphatic rings. The topological polar surface area (TPSA) is 59.8 Å². The number of ether oxygens (including phenoxy) is 1. The van der Waals surface area contributed by atoms with Crippen LogP contribution >= 0.6 is 15.9 Å². The molecule has 6 rings (SSSR count). The minimum atomic E-state index is -0.672. The second-order valence-electron chi connectivity index (χ2n) is 8.90. The first kappa shape index (κ1) is 23.3. The number of carbonyl (C=O) groups is 1. The summed E-state index contributed by atoms with van der Waals surface area (Å²) in [4.78, 5) is 29.3. The van der Waals surface area contributed by atoms with Crippen molar-refractivity contribution in [1.82, 2.24) is 0 Å². The van der Waals surface area contributed by atoms with Crippen LogP contribution in [0.2, 0.25) is 0 Å². The predicted molar refractivity (Wildman–Crippen MR) is 148 cm³/mol. The summed E-state index contributed by atoms with van der Waals surface area (Å²) in [5, 5.41) is 0.422. The van der Waals surface area contributed by atoms with Crippen molar-refractivity contribution in [1.29, 1.82) is 0 Å². The fourth-order valence-corrected chi connectivity index (χ4v) is 5.15. The molecule has 182 valence electrons. The lowest BCUT2D eigenvalue weighted by Gasteiger charge is -2.25. The molecule has 1 aliphatic heterocycles. The molecule has 0 radical (unpaired) electrons. The van der Waals surface area contributed by atoms with Crippen molar-refractivity contribution in [2.75, 3.05) is 4.90 Å². The van der Waals surface area contributed by atoms with E-state index in [-0.39, 0.29) is 17.1 Å². The fourth-order valence-electron chi connectivity index (χ4n) is 4.79. The second kappa shape index (κ2) is 9.37. The van der Waals surface area contributed by atoms with Crippen LogP contribution in [0.25, 0.3) is 11.0 Å². The average Bonchev–Trinajstić information content (AvgIpc) is 3.22. The van der Waals surface area contributed by atoms with Gasteiger partial charge in [-0.3, -0.25) is 14.5 Å². The highest BCUT2D eigenvalue weighted by atomic mass is 79.9. The van der Waals surface area contributed by atoms with Crippen molar-refractivity contribution >= 4 is 38.5 Å². The summed E-state index contributed by atoms with van der Waals surface area (Å²) >= 11 is 3.45. The number of fused-ring (bicyclic) bond motifs is 2. The van der Waals surface area contributed by atoms with Crippen LogP contribution in [-0.2, 0) is 6.42 Å². The van der Waals surface area contributed by atoms with E-state index in [1.807, 2.05) is 78.9 Å². The van der Waals surface area contributed by atoms with Crippen LogP contribution in [-0.4, -0.2) is 5.91 Å². The van der Waals surface area contributed by atoms with E-state index in [9.17, 15) is 9.59 Å². The standard InChI is InChI=1S/C31H22BrNO4/c1-2-19-11-14-22(15-12-19)33-28(20-7-6-10-24(17-20)36-23-8-4-3-5-9-23)27-29(34)25-18-21(32)13-16-26(25)37-30(27)31(33)35/h3-18,28H,2H2,1H3. The zero-order valence-corrected chi connectivity index (χ0v) is 21.6. The van der Waals surface area contributed by atoms with Gasteiger partial charge >= 0.3 is 0 Å². The zero-order valence-electron chi connectivity index (χ0n) is 20.0. The molecule has 0 fully saturated rings. The third-order valence-electron chi connectivity index (χ3n) is 6.61. The van der Waals surface area contributed by atoms with E-state index in [2.05, 4.69) is 22.9 Å². The number of hydrogen-bond acceptors (Lipinski definition) is 4. The number of carbonyl (C=O) groups excluding carboxylic acids is 1. The zero-order chi connectivity index (χ0) is 25.5. The summed E-state index contributed by atoms with van der Waals surface area (Å²) in [7, 11) is 0. The van der Waals surface area contributed by atoms with Crippen LogP contribution in [0.4, 0.5) is 5.69 Å². The summed E-state index contributed by atoms with van der Waals surface area (Å²) in [5.74, 6) is 1.03. The molecule has 5 nitrogen and oxygen atoms in total. The average molecular weight is 552 g/mol. The molecular weight excluding hydrogens is 530 g/mol. The SMILES string of the molecule is CCc1ccc(N2C(=O)c3oc4ccc(Br)cc4c(=O)c3C2c2cccc(Oc3ccccc3)c2)cc1. The molecule has 2 heterocycles. The van der Waals surface area contributed by atoms with Gasteiger partial charge in [-0.05, 0) is 72.1 Å². The van der Waals surface area contributed by atoms with Crippen molar-refractivity contribution in [2.24, 2.45) is 0 Å². The van der Waals surface area contributed by atoms with Gasteiger partial charge in [0.05, 0.1) is 17.0 Å². The number of amides is 1. The molecule has 1 unspecified atom stereocenters. The highest BCUT2D eigenvalue weighted by Gasteiger charge is 2.43. The van der Waals surface area contributed by atoms with Crippen molar-refractivity contribution in [2.45, 2.75) is 19.4 Å². The summed E-state index contributed by atoms with van der Waals surface area (Å²) in [5.41, 5.74) is 3.08. The highest BCUT2D eigenvalue weighted by molar-refractivity contribution is 9.10. The van der Waals surface area contributed by atoms with Crippen molar-refractivity contribution < 1.29 is 13.9 Å². The molecule has 37 heavy (non-hydrogen) atoms. The number of benzene rings is 4. The van der Waals surface area contributed by atoms with E-state index >= 15 is 0 Å². The van der Waals surface area contributed by atoms with Crippen LogP contribution in [0.5, 0.6) is 11.5 Å². The van der Waals surface area contributed by atoms with Crippen molar-refractivity contribution in [3.8, 4) is 11.5 Å². The number of anilines is 1. The Morgan fingerprint density at radius 1 is 0.865 bits per heavy atom. The van der Waals surface area contributed by atoms with Crippen LogP contribution < -0.4 is 15.1 Å². The molecular formula is C31H22BrNO4. The maximum absolute atomic E-state index is 13.9. The minimum absolute atomic E-state index is 0.0683. The Morgan fingerprint density at radius 3 is 2.38 bits per heavy atom. The number of hydrogen-bond donors (Lipinski definition) is 0. The number of para-hydroxylation sites is 1. The predicted octanol–water partition coefficient (Wildman–Crippen LogP) is 7.66. The Kier molecular flexibility index (Phi) is 5.89. The third kappa shape index (κ3) is 4.13. The van der Waals surface area contributed by atoms with E-state index in [1.165, 1.54) is 0 Å². The summed E-state index contributed by atoms with van der Waals surface area (Å²) in [6.07, 6.45) is 0.886. The maximum atomic E-state index is 13.9. The Morgan fingerprint density at radius 2 is 1.62 bits per heavy atom. The first-order valence-electron chi connectivity index (χ1n) is 12.0. The van der Waals surface area contributed by atoms with E-state index in [0.717, 1.165) is 22.0 Å².